The zero-order valence-electron chi connectivity index (χ0n) is 9.55. The Balaban J connectivity index is 0.000000325. The zero-order chi connectivity index (χ0) is 13.3. The molecule has 0 unspecified atom stereocenters. The predicted molar refractivity (Wildman–Crippen MR) is 62.3 cm³/mol. The molecule has 0 saturated heterocycles. The quantitative estimate of drug-likeness (QED) is 0.755. The molecule has 17 heavy (non-hydrogen) atoms. The molecule has 0 aromatic heterocycles. The summed E-state index contributed by atoms with van der Waals surface area (Å²) in [5.41, 5.74) is 5.48. The van der Waals surface area contributed by atoms with Gasteiger partial charge in [0.05, 0.1) is 12.8 Å². The number of hydrogen-bond acceptors (Lipinski definition) is 3. The summed E-state index contributed by atoms with van der Waals surface area (Å²) in [5, 5.41) is 8.37. The van der Waals surface area contributed by atoms with E-state index in [9.17, 15) is 14.4 Å². The summed E-state index contributed by atoms with van der Waals surface area (Å²) in [5.74, 6) is -1.54. The van der Waals surface area contributed by atoms with Gasteiger partial charge in [-0.05, 0) is 12.5 Å². The molecule has 5 heteroatoms. The standard InChI is InChI=1S/C8H8O2.C4H7NO2/c9-8(10)6-7-4-2-1-3-5-7;1-3(6)2-4(5)7/h1-5H,6H2,(H,9,10);2H2,1H3,(H2,5,7). The van der Waals surface area contributed by atoms with Gasteiger partial charge in [-0.15, -0.1) is 0 Å². The number of carbonyl (C=O) groups excluding carboxylic acids is 2. The molecule has 1 aromatic carbocycles. The van der Waals surface area contributed by atoms with Crippen molar-refractivity contribution >= 4 is 17.7 Å². The maximum Gasteiger partial charge on any atom is 0.307 e. The summed E-state index contributed by atoms with van der Waals surface area (Å²) in [7, 11) is 0. The third-order valence-electron chi connectivity index (χ3n) is 1.62. The van der Waals surface area contributed by atoms with E-state index in [4.69, 9.17) is 5.11 Å². The summed E-state index contributed by atoms with van der Waals surface area (Å²) < 4.78 is 0. The summed E-state index contributed by atoms with van der Waals surface area (Å²) in [6.07, 6.45) is -0.0269. The number of rotatable bonds is 4. The van der Waals surface area contributed by atoms with E-state index in [0.717, 1.165) is 5.56 Å². The first-order valence-electron chi connectivity index (χ1n) is 4.95. The number of amides is 1. The van der Waals surface area contributed by atoms with E-state index in [-0.39, 0.29) is 18.6 Å². The van der Waals surface area contributed by atoms with Crippen LogP contribution in [0.25, 0.3) is 0 Å². The van der Waals surface area contributed by atoms with Crippen molar-refractivity contribution in [2.75, 3.05) is 0 Å². The topological polar surface area (TPSA) is 97.5 Å². The molecular weight excluding hydrogens is 222 g/mol. The van der Waals surface area contributed by atoms with Crippen LogP contribution >= 0.6 is 0 Å². The van der Waals surface area contributed by atoms with Gasteiger partial charge in [0.15, 0.2) is 0 Å². The molecule has 0 atom stereocenters. The second-order valence-electron chi connectivity index (χ2n) is 3.40. The van der Waals surface area contributed by atoms with Gasteiger partial charge in [-0.25, -0.2) is 0 Å². The highest BCUT2D eigenvalue weighted by Gasteiger charge is 1.96. The van der Waals surface area contributed by atoms with E-state index >= 15 is 0 Å². The summed E-state index contributed by atoms with van der Waals surface area (Å²) in [4.78, 5) is 29.9. The highest BCUT2D eigenvalue weighted by molar-refractivity contribution is 5.95. The van der Waals surface area contributed by atoms with Gasteiger partial charge in [0.25, 0.3) is 0 Å². The molecule has 1 amide bonds. The fraction of sp³-hybridized carbons (Fsp3) is 0.250. The second-order valence-corrected chi connectivity index (χ2v) is 3.40. The van der Waals surface area contributed by atoms with Gasteiger partial charge in [0.2, 0.25) is 5.91 Å². The lowest BCUT2D eigenvalue weighted by molar-refractivity contribution is -0.136. The molecule has 3 N–H and O–H groups in total. The van der Waals surface area contributed by atoms with Crippen LogP contribution < -0.4 is 5.73 Å². The third kappa shape index (κ3) is 10.1. The van der Waals surface area contributed by atoms with Gasteiger partial charge in [-0.1, -0.05) is 30.3 Å². The van der Waals surface area contributed by atoms with Crippen molar-refractivity contribution in [1.29, 1.82) is 0 Å². The largest absolute Gasteiger partial charge is 0.481 e. The maximum absolute atomic E-state index is 10.2. The van der Waals surface area contributed by atoms with Crippen LogP contribution in [0.3, 0.4) is 0 Å². The Labute approximate surface area is 99.2 Å². The first-order chi connectivity index (χ1) is 7.91. The van der Waals surface area contributed by atoms with Gasteiger partial charge in [-0.2, -0.15) is 0 Å². The Morgan fingerprint density at radius 3 is 2.00 bits per heavy atom. The van der Waals surface area contributed by atoms with Crippen molar-refractivity contribution in [3.05, 3.63) is 35.9 Å². The Morgan fingerprint density at radius 2 is 1.71 bits per heavy atom. The second kappa shape index (κ2) is 8.04. The molecule has 0 radical (unpaired) electrons. The van der Waals surface area contributed by atoms with E-state index in [0.29, 0.717) is 0 Å². The molecule has 0 aliphatic carbocycles. The van der Waals surface area contributed by atoms with Crippen molar-refractivity contribution in [1.82, 2.24) is 0 Å². The van der Waals surface area contributed by atoms with Crippen LogP contribution in [0, 0.1) is 0 Å². The van der Waals surface area contributed by atoms with Crippen molar-refractivity contribution in [3.8, 4) is 0 Å². The molecule has 1 aromatic rings. The molecule has 0 heterocycles. The lowest BCUT2D eigenvalue weighted by Crippen LogP contribution is -2.13. The van der Waals surface area contributed by atoms with Gasteiger partial charge in [0.1, 0.15) is 5.78 Å². The molecule has 0 aliphatic rings. The summed E-state index contributed by atoms with van der Waals surface area (Å²) >= 11 is 0. The van der Waals surface area contributed by atoms with E-state index < -0.39 is 11.9 Å². The van der Waals surface area contributed by atoms with Gasteiger partial charge in [-0.3, -0.25) is 14.4 Å². The lowest BCUT2D eigenvalue weighted by Gasteiger charge is -1.92. The van der Waals surface area contributed by atoms with Crippen molar-refractivity contribution in [2.45, 2.75) is 19.8 Å². The molecule has 0 saturated carbocycles. The summed E-state index contributed by atoms with van der Waals surface area (Å²) in [6, 6.07) is 9.13. The Kier molecular flexibility index (Phi) is 7.01. The van der Waals surface area contributed by atoms with E-state index in [1.54, 1.807) is 12.1 Å². The fourth-order valence-corrected chi connectivity index (χ4v) is 1.02. The van der Waals surface area contributed by atoms with Crippen LogP contribution in [0.4, 0.5) is 0 Å². The number of carboxylic acids is 1. The number of primary amides is 1. The molecule has 0 aliphatic heterocycles. The van der Waals surface area contributed by atoms with Crippen LogP contribution in [-0.2, 0) is 20.8 Å². The first kappa shape index (κ1) is 14.8. The van der Waals surface area contributed by atoms with Crippen LogP contribution in [0.2, 0.25) is 0 Å². The molecule has 0 fully saturated rings. The van der Waals surface area contributed by atoms with Crippen molar-refractivity contribution < 1.29 is 19.5 Å². The number of carbonyl (C=O) groups is 3. The Morgan fingerprint density at radius 1 is 1.18 bits per heavy atom. The first-order valence-corrected chi connectivity index (χ1v) is 4.95. The highest BCUT2D eigenvalue weighted by Crippen LogP contribution is 1.98. The number of nitrogens with two attached hydrogens (primary N) is 1. The van der Waals surface area contributed by atoms with Gasteiger partial charge < -0.3 is 10.8 Å². The van der Waals surface area contributed by atoms with Crippen LogP contribution in [-0.4, -0.2) is 22.8 Å². The molecule has 1 rings (SSSR count). The fourth-order valence-electron chi connectivity index (χ4n) is 1.02. The number of aliphatic carboxylic acids is 1. The number of carboxylic acid groups (broad SMARTS) is 1. The minimum Gasteiger partial charge on any atom is -0.481 e. The lowest BCUT2D eigenvalue weighted by atomic mass is 10.2. The normalized spacial score (nSPS) is 8.76. The third-order valence-corrected chi connectivity index (χ3v) is 1.62. The number of Topliss-reactive ketones (excluding diaryl/α,β-unsaturated/α-hetero) is 1. The van der Waals surface area contributed by atoms with E-state index in [1.807, 2.05) is 18.2 Å². The smallest absolute Gasteiger partial charge is 0.307 e. The molecule has 0 bridgehead atoms. The maximum atomic E-state index is 10.2. The van der Waals surface area contributed by atoms with Crippen molar-refractivity contribution in [3.63, 3.8) is 0 Å². The minimum atomic E-state index is -0.786. The molecule has 0 spiro atoms. The zero-order valence-corrected chi connectivity index (χ0v) is 9.55. The minimum absolute atomic E-state index is 0.112. The molecule has 92 valence electrons. The predicted octanol–water partition coefficient (Wildman–Crippen LogP) is 0.764. The Bertz CT molecular complexity index is 375. The highest BCUT2D eigenvalue weighted by atomic mass is 16.4. The van der Waals surface area contributed by atoms with E-state index in [2.05, 4.69) is 5.73 Å². The molecular formula is C12H15NO4. The average Bonchev–Trinajstić information content (AvgIpc) is 2.16. The SMILES string of the molecule is CC(=O)CC(N)=O.O=C(O)Cc1ccccc1. The summed E-state index contributed by atoms with van der Waals surface area (Å²) in [6.45, 7) is 1.32. The van der Waals surface area contributed by atoms with Crippen LogP contribution in [0.1, 0.15) is 18.9 Å². The Hall–Kier alpha value is -2.17. The van der Waals surface area contributed by atoms with Crippen molar-refractivity contribution in [2.24, 2.45) is 5.73 Å². The van der Waals surface area contributed by atoms with Gasteiger partial charge >= 0.3 is 5.97 Å². The van der Waals surface area contributed by atoms with Crippen LogP contribution in [0.15, 0.2) is 30.3 Å². The number of ketones is 1. The monoisotopic (exact) mass is 237 g/mol. The molecule has 5 nitrogen and oxygen atoms in total. The van der Waals surface area contributed by atoms with E-state index in [1.165, 1.54) is 6.92 Å². The van der Waals surface area contributed by atoms with Gasteiger partial charge in [0, 0.05) is 0 Å². The number of hydrogen-bond donors (Lipinski definition) is 2. The average molecular weight is 237 g/mol. The number of benzene rings is 1. The van der Waals surface area contributed by atoms with Crippen LogP contribution in [0.5, 0.6) is 0 Å².